The van der Waals surface area contributed by atoms with Crippen molar-refractivity contribution >= 4 is 32.4 Å². The van der Waals surface area contributed by atoms with Gasteiger partial charge in [0.15, 0.2) is 6.10 Å². The summed E-state index contributed by atoms with van der Waals surface area (Å²) >= 11 is 0. The second kappa shape index (κ2) is 8.85. The van der Waals surface area contributed by atoms with Gasteiger partial charge in [-0.2, -0.15) is 0 Å². The zero-order valence-corrected chi connectivity index (χ0v) is 18.0. The molecule has 0 unspecified atom stereocenters. The van der Waals surface area contributed by atoms with Gasteiger partial charge in [-0.15, -0.1) is 0 Å². The van der Waals surface area contributed by atoms with Crippen LogP contribution < -0.4 is 19.1 Å². The molecular weight excluding hydrogens is 416 g/mol. The van der Waals surface area contributed by atoms with Crippen molar-refractivity contribution in [2.75, 3.05) is 29.8 Å². The molecule has 0 aliphatic carbocycles. The van der Waals surface area contributed by atoms with Gasteiger partial charge in [-0.25, -0.2) is 8.42 Å². The maximum absolute atomic E-state index is 12.6. The van der Waals surface area contributed by atoms with E-state index in [1.807, 2.05) is 42.5 Å². The first-order valence-electron chi connectivity index (χ1n) is 10.1. The summed E-state index contributed by atoms with van der Waals surface area (Å²) in [6.45, 7) is 2.06. The third-order valence-electron chi connectivity index (χ3n) is 5.12. The van der Waals surface area contributed by atoms with Gasteiger partial charge in [0, 0.05) is 0 Å². The minimum atomic E-state index is -3.53. The standard InChI is InChI=1S/C23H24N2O5S/c1-2-31(27,28)25-16-22(30-21-10-6-5-9-20(21)25)23(26)24-13-14-29-19-12-11-17-7-3-4-8-18(17)15-19/h3-12,15,22H,2,13-14,16H2,1H3,(H,24,26)/t22-/m0/s1. The molecule has 1 aliphatic rings. The Labute approximate surface area is 181 Å². The number of hydrogen-bond acceptors (Lipinski definition) is 5. The van der Waals surface area contributed by atoms with Crippen molar-refractivity contribution in [2.45, 2.75) is 13.0 Å². The second-order valence-corrected chi connectivity index (χ2v) is 9.34. The Bertz CT molecular complexity index is 1200. The van der Waals surface area contributed by atoms with Crippen LogP contribution in [0.25, 0.3) is 10.8 Å². The molecule has 1 atom stereocenters. The van der Waals surface area contributed by atoms with E-state index in [1.54, 1.807) is 31.2 Å². The minimum absolute atomic E-state index is 0.0602. The summed E-state index contributed by atoms with van der Waals surface area (Å²) in [4.78, 5) is 12.6. The number of sulfonamides is 1. The largest absolute Gasteiger partial charge is 0.492 e. The number of hydrogen-bond donors (Lipinski definition) is 1. The molecule has 0 bridgehead atoms. The second-order valence-electron chi connectivity index (χ2n) is 7.15. The molecule has 0 aromatic heterocycles. The zero-order valence-electron chi connectivity index (χ0n) is 17.2. The first-order valence-corrected chi connectivity index (χ1v) is 11.7. The zero-order chi connectivity index (χ0) is 21.8. The topological polar surface area (TPSA) is 84.9 Å². The number of anilines is 1. The molecule has 1 amide bonds. The highest BCUT2D eigenvalue weighted by Gasteiger charge is 2.35. The summed E-state index contributed by atoms with van der Waals surface area (Å²) in [5, 5.41) is 4.98. The van der Waals surface area contributed by atoms with Gasteiger partial charge in [0.1, 0.15) is 18.1 Å². The average molecular weight is 441 g/mol. The van der Waals surface area contributed by atoms with Crippen LogP contribution in [-0.2, 0) is 14.8 Å². The predicted octanol–water partition coefficient (Wildman–Crippen LogP) is 2.95. The first-order chi connectivity index (χ1) is 15.0. The molecule has 8 heteroatoms. The van der Waals surface area contributed by atoms with Crippen molar-refractivity contribution in [2.24, 2.45) is 0 Å². The number of carbonyl (C=O) groups is 1. The van der Waals surface area contributed by atoms with Crippen molar-refractivity contribution in [1.29, 1.82) is 0 Å². The summed E-state index contributed by atoms with van der Waals surface area (Å²) in [6.07, 6.45) is -0.933. The average Bonchev–Trinajstić information content (AvgIpc) is 2.80. The molecule has 162 valence electrons. The number of fused-ring (bicyclic) bond motifs is 2. The van der Waals surface area contributed by atoms with Crippen molar-refractivity contribution in [3.63, 3.8) is 0 Å². The Morgan fingerprint density at radius 2 is 1.84 bits per heavy atom. The molecular formula is C23H24N2O5S. The van der Waals surface area contributed by atoms with E-state index in [2.05, 4.69) is 5.32 Å². The Kier molecular flexibility index (Phi) is 5.99. The molecule has 0 radical (unpaired) electrons. The van der Waals surface area contributed by atoms with Gasteiger partial charge in [0.25, 0.3) is 5.91 Å². The lowest BCUT2D eigenvalue weighted by molar-refractivity contribution is -0.127. The van der Waals surface area contributed by atoms with Crippen molar-refractivity contribution in [3.8, 4) is 11.5 Å². The van der Waals surface area contributed by atoms with E-state index in [1.165, 1.54) is 4.31 Å². The first kappa shape index (κ1) is 21.0. The number of ether oxygens (including phenoxy) is 2. The van der Waals surface area contributed by atoms with Crippen LogP contribution in [0.3, 0.4) is 0 Å². The van der Waals surface area contributed by atoms with E-state index in [0.717, 1.165) is 16.5 Å². The Morgan fingerprint density at radius 3 is 2.65 bits per heavy atom. The van der Waals surface area contributed by atoms with Gasteiger partial charge in [-0.3, -0.25) is 9.10 Å². The van der Waals surface area contributed by atoms with Crippen LogP contribution >= 0.6 is 0 Å². The Morgan fingerprint density at radius 1 is 1.10 bits per heavy atom. The smallest absolute Gasteiger partial charge is 0.263 e. The number of para-hydroxylation sites is 2. The van der Waals surface area contributed by atoms with Crippen LogP contribution in [0, 0.1) is 0 Å². The third kappa shape index (κ3) is 4.59. The number of nitrogens with one attached hydrogen (secondary N) is 1. The highest BCUT2D eigenvalue weighted by atomic mass is 32.2. The number of amides is 1. The number of rotatable bonds is 7. The van der Waals surface area contributed by atoms with Crippen molar-refractivity contribution in [3.05, 3.63) is 66.7 Å². The van der Waals surface area contributed by atoms with E-state index >= 15 is 0 Å². The maximum atomic E-state index is 12.6. The summed E-state index contributed by atoms with van der Waals surface area (Å²) in [6, 6.07) is 20.6. The van der Waals surface area contributed by atoms with Gasteiger partial charge in [-0.1, -0.05) is 42.5 Å². The van der Waals surface area contributed by atoms with Gasteiger partial charge >= 0.3 is 0 Å². The number of benzene rings is 3. The summed E-state index contributed by atoms with van der Waals surface area (Å²) in [7, 11) is -3.53. The highest BCUT2D eigenvalue weighted by Crippen LogP contribution is 2.35. The molecule has 31 heavy (non-hydrogen) atoms. The molecule has 0 saturated carbocycles. The fourth-order valence-corrected chi connectivity index (χ4v) is 4.60. The highest BCUT2D eigenvalue weighted by molar-refractivity contribution is 7.92. The van der Waals surface area contributed by atoms with Crippen LogP contribution in [0.4, 0.5) is 5.69 Å². The number of carbonyl (C=O) groups excluding carboxylic acids is 1. The van der Waals surface area contributed by atoms with Crippen LogP contribution in [-0.4, -0.2) is 45.9 Å². The van der Waals surface area contributed by atoms with Gasteiger partial charge in [-0.05, 0) is 42.0 Å². The molecule has 0 spiro atoms. The fraction of sp³-hybridized carbons (Fsp3) is 0.261. The number of nitrogens with zero attached hydrogens (tertiary/aromatic N) is 1. The molecule has 7 nitrogen and oxygen atoms in total. The van der Waals surface area contributed by atoms with Crippen LogP contribution in [0.15, 0.2) is 66.7 Å². The summed E-state index contributed by atoms with van der Waals surface area (Å²) in [5.41, 5.74) is 0.452. The van der Waals surface area contributed by atoms with Crippen LogP contribution in [0.2, 0.25) is 0 Å². The normalized spacial score (nSPS) is 15.8. The van der Waals surface area contributed by atoms with E-state index in [0.29, 0.717) is 11.4 Å². The fourth-order valence-electron chi connectivity index (χ4n) is 3.47. The molecule has 1 N–H and O–H groups in total. The molecule has 1 aliphatic heterocycles. The lowest BCUT2D eigenvalue weighted by Gasteiger charge is -2.34. The SMILES string of the molecule is CCS(=O)(=O)N1C[C@@H](C(=O)NCCOc2ccc3ccccc3c2)Oc2ccccc21. The maximum Gasteiger partial charge on any atom is 0.263 e. The van der Waals surface area contributed by atoms with E-state index in [-0.39, 0.29) is 31.4 Å². The van der Waals surface area contributed by atoms with E-state index in [4.69, 9.17) is 9.47 Å². The third-order valence-corrected chi connectivity index (χ3v) is 6.87. The molecule has 0 fully saturated rings. The van der Waals surface area contributed by atoms with Crippen LogP contribution in [0.1, 0.15) is 6.92 Å². The summed E-state index contributed by atoms with van der Waals surface area (Å²) < 4.78 is 37.8. The van der Waals surface area contributed by atoms with E-state index < -0.39 is 16.1 Å². The molecule has 1 heterocycles. The quantitative estimate of drug-likeness (QED) is 0.571. The lowest BCUT2D eigenvalue weighted by atomic mass is 10.1. The molecule has 0 saturated heterocycles. The minimum Gasteiger partial charge on any atom is -0.492 e. The Hall–Kier alpha value is -3.26. The lowest BCUT2D eigenvalue weighted by Crippen LogP contribution is -2.51. The predicted molar refractivity (Wildman–Crippen MR) is 120 cm³/mol. The molecule has 3 aromatic rings. The van der Waals surface area contributed by atoms with Gasteiger partial charge in [0.05, 0.1) is 24.5 Å². The van der Waals surface area contributed by atoms with Gasteiger partial charge < -0.3 is 14.8 Å². The summed E-state index contributed by atoms with van der Waals surface area (Å²) in [5.74, 6) is 0.650. The van der Waals surface area contributed by atoms with Crippen LogP contribution in [0.5, 0.6) is 11.5 Å². The Balaban J connectivity index is 1.36. The molecule has 3 aromatic carbocycles. The van der Waals surface area contributed by atoms with Crippen molar-refractivity contribution in [1.82, 2.24) is 5.32 Å². The monoisotopic (exact) mass is 440 g/mol. The molecule has 4 rings (SSSR count). The van der Waals surface area contributed by atoms with Gasteiger partial charge in [0.2, 0.25) is 10.0 Å². The van der Waals surface area contributed by atoms with Crippen molar-refractivity contribution < 1.29 is 22.7 Å². The van der Waals surface area contributed by atoms with E-state index in [9.17, 15) is 13.2 Å².